The molecule has 1 fully saturated rings. The number of nitrogens with one attached hydrogen (secondary N) is 2. The highest BCUT2D eigenvalue weighted by Gasteiger charge is 2.36. The van der Waals surface area contributed by atoms with E-state index in [2.05, 4.69) is 10.6 Å². The number of anilines is 2. The fourth-order valence-corrected chi connectivity index (χ4v) is 2.57. The summed E-state index contributed by atoms with van der Waals surface area (Å²) in [6.45, 7) is -1.19. The van der Waals surface area contributed by atoms with Crippen molar-refractivity contribution in [2.75, 3.05) is 43.1 Å². The summed E-state index contributed by atoms with van der Waals surface area (Å²) in [6, 6.07) is 1.69. The summed E-state index contributed by atoms with van der Waals surface area (Å²) in [5.41, 5.74) is 3.58. The molecule has 0 radical (unpaired) electrons. The minimum atomic E-state index is -4.83. The van der Waals surface area contributed by atoms with Crippen molar-refractivity contribution in [2.24, 2.45) is 5.73 Å². The van der Waals surface area contributed by atoms with Gasteiger partial charge in [-0.25, -0.2) is 8.78 Å². The maximum Gasteiger partial charge on any atom is 0.418 e. The first kappa shape index (κ1) is 22.0. The number of benzene rings is 1. The fourth-order valence-electron chi connectivity index (χ4n) is 2.57. The Morgan fingerprint density at radius 2 is 2.04 bits per heavy atom. The molecule has 7 nitrogen and oxygen atoms in total. The predicted octanol–water partition coefficient (Wildman–Crippen LogP) is 1.19. The Balaban J connectivity index is 2.25. The fraction of sp³-hybridized carbons (Fsp3) is 0.500. The number of amides is 2. The van der Waals surface area contributed by atoms with Gasteiger partial charge in [0.05, 0.1) is 30.4 Å². The average Bonchev–Trinajstić information content (AvgIpc) is 2.62. The van der Waals surface area contributed by atoms with Crippen LogP contribution in [0.3, 0.4) is 0 Å². The van der Waals surface area contributed by atoms with Gasteiger partial charge in [0.2, 0.25) is 5.91 Å². The van der Waals surface area contributed by atoms with Gasteiger partial charge in [0.25, 0.3) is 12.3 Å². The second kappa shape index (κ2) is 9.26. The van der Waals surface area contributed by atoms with Crippen LogP contribution in [0.4, 0.5) is 33.3 Å². The lowest BCUT2D eigenvalue weighted by Crippen LogP contribution is -2.47. The zero-order valence-electron chi connectivity index (χ0n) is 14.6. The van der Waals surface area contributed by atoms with Crippen molar-refractivity contribution in [3.8, 4) is 0 Å². The Labute approximate surface area is 157 Å². The summed E-state index contributed by atoms with van der Waals surface area (Å²) in [5.74, 6) is -1.47. The van der Waals surface area contributed by atoms with E-state index in [0.29, 0.717) is 0 Å². The Morgan fingerprint density at radius 3 is 2.61 bits per heavy atom. The molecule has 1 atom stereocenters. The van der Waals surface area contributed by atoms with Crippen LogP contribution >= 0.6 is 0 Å². The van der Waals surface area contributed by atoms with Crippen LogP contribution in [-0.2, 0) is 20.5 Å². The summed E-state index contributed by atoms with van der Waals surface area (Å²) in [6.07, 6.45) is -7.58. The average molecular weight is 410 g/mol. The Hall–Kier alpha value is -2.31. The van der Waals surface area contributed by atoms with Crippen LogP contribution in [0.1, 0.15) is 5.56 Å². The number of ether oxygens (including phenoxy) is 1. The van der Waals surface area contributed by atoms with E-state index < -0.39 is 48.3 Å². The molecule has 1 heterocycles. The number of rotatable bonds is 7. The molecule has 0 aromatic heterocycles. The highest BCUT2D eigenvalue weighted by molar-refractivity contribution is 5.97. The van der Waals surface area contributed by atoms with E-state index in [4.69, 9.17) is 10.5 Å². The van der Waals surface area contributed by atoms with Crippen LogP contribution < -0.4 is 21.3 Å². The molecule has 1 aromatic carbocycles. The quantitative estimate of drug-likeness (QED) is 0.587. The van der Waals surface area contributed by atoms with E-state index >= 15 is 0 Å². The number of nitrogens with two attached hydrogens (primary N) is 1. The van der Waals surface area contributed by atoms with E-state index in [0.717, 1.165) is 17.0 Å². The molecule has 12 heteroatoms. The second-order valence-corrected chi connectivity index (χ2v) is 5.90. The standard InChI is InChI=1S/C16H19F5N4O3/c17-13(18)7-23-12(6-22)15(27)24-11-2-1-9(5-10(11)16(19,20)21)25-3-4-28-8-14(25)26/h1-2,5,12-13,23H,3-4,6-8,22H2,(H,24,27)/t12-/m1/s1. The lowest BCUT2D eigenvalue weighted by Gasteiger charge is -2.28. The molecule has 1 aromatic rings. The molecule has 0 unspecified atom stereocenters. The Morgan fingerprint density at radius 1 is 1.32 bits per heavy atom. The smallest absolute Gasteiger partial charge is 0.370 e. The lowest BCUT2D eigenvalue weighted by atomic mass is 10.1. The van der Waals surface area contributed by atoms with E-state index in [1.807, 2.05) is 0 Å². The van der Waals surface area contributed by atoms with Gasteiger partial charge < -0.3 is 20.7 Å². The van der Waals surface area contributed by atoms with Crippen LogP contribution in [0, 0.1) is 0 Å². The van der Waals surface area contributed by atoms with Crippen LogP contribution in [-0.4, -0.2) is 57.1 Å². The maximum atomic E-state index is 13.5. The molecular formula is C16H19F5N4O3. The van der Waals surface area contributed by atoms with Gasteiger partial charge >= 0.3 is 6.18 Å². The molecule has 4 N–H and O–H groups in total. The van der Waals surface area contributed by atoms with Gasteiger partial charge in [0.15, 0.2) is 0 Å². The number of carbonyl (C=O) groups is 2. The molecule has 0 spiro atoms. The van der Waals surface area contributed by atoms with E-state index in [9.17, 15) is 31.5 Å². The SMILES string of the molecule is NC[C@@H](NCC(F)F)C(=O)Nc1ccc(N2CCOCC2=O)cc1C(F)(F)F. The molecule has 2 rings (SSSR count). The van der Waals surface area contributed by atoms with Crippen LogP contribution in [0.2, 0.25) is 0 Å². The third-order valence-corrected chi connectivity index (χ3v) is 3.93. The molecule has 0 bridgehead atoms. The van der Waals surface area contributed by atoms with Gasteiger partial charge in [-0.15, -0.1) is 0 Å². The number of alkyl halides is 5. The van der Waals surface area contributed by atoms with Crippen molar-refractivity contribution in [1.29, 1.82) is 0 Å². The van der Waals surface area contributed by atoms with Crippen molar-refractivity contribution in [2.45, 2.75) is 18.6 Å². The van der Waals surface area contributed by atoms with Gasteiger partial charge in [-0.1, -0.05) is 0 Å². The highest BCUT2D eigenvalue weighted by atomic mass is 19.4. The third-order valence-electron chi connectivity index (χ3n) is 3.93. The number of nitrogens with zero attached hydrogens (tertiary/aromatic N) is 1. The van der Waals surface area contributed by atoms with Crippen LogP contribution in [0.5, 0.6) is 0 Å². The molecule has 1 aliphatic heterocycles. The van der Waals surface area contributed by atoms with Crippen LogP contribution in [0.15, 0.2) is 18.2 Å². The monoisotopic (exact) mass is 410 g/mol. The molecule has 0 aliphatic carbocycles. The van der Waals surface area contributed by atoms with E-state index in [-0.39, 0.29) is 32.0 Å². The predicted molar refractivity (Wildman–Crippen MR) is 90.1 cm³/mol. The minimum Gasteiger partial charge on any atom is -0.370 e. The zero-order chi connectivity index (χ0) is 20.9. The third kappa shape index (κ3) is 5.59. The van der Waals surface area contributed by atoms with Gasteiger partial charge in [-0.2, -0.15) is 13.2 Å². The van der Waals surface area contributed by atoms with Gasteiger partial charge in [0.1, 0.15) is 6.61 Å². The topological polar surface area (TPSA) is 96.7 Å². The molecular weight excluding hydrogens is 391 g/mol. The number of hydrogen-bond donors (Lipinski definition) is 3. The first-order valence-corrected chi connectivity index (χ1v) is 8.25. The molecule has 2 amide bonds. The zero-order valence-corrected chi connectivity index (χ0v) is 14.6. The van der Waals surface area contributed by atoms with E-state index in [1.54, 1.807) is 0 Å². The van der Waals surface area contributed by atoms with Crippen molar-refractivity contribution in [1.82, 2.24) is 5.32 Å². The number of hydrogen-bond acceptors (Lipinski definition) is 5. The Bertz CT molecular complexity index is 714. The lowest BCUT2D eigenvalue weighted by molar-refractivity contribution is -0.137. The molecule has 1 saturated heterocycles. The highest BCUT2D eigenvalue weighted by Crippen LogP contribution is 2.37. The second-order valence-electron chi connectivity index (χ2n) is 5.90. The molecule has 28 heavy (non-hydrogen) atoms. The largest absolute Gasteiger partial charge is 0.418 e. The van der Waals surface area contributed by atoms with Crippen LogP contribution in [0.25, 0.3) is 0 Å². The number of halogens is 5. The normalized spacial score (nSPS) is 16.4. The first-order chi connectivity index (χ1) is 13.1. The summed E-state index contributed by atoms with van der Waals surface area (Å²) in [4.78, 5) is 25.1. The van der Waals surface area contributed by atoms with E-state index in [1.165, 1.54) is 6.07 Å². The van der Waals surface area contributed by atoms with Gasteiger partial charge in [-0.05, 0) is 18.2 Å². The maximum absolute atomic E-state index is 13.5. The first-order valence-electron chi connectivity index (χ1n) is 8.25. The number of morpholine rings is 1. The Kier molecular flexibility index (Phi) is 7.27. The van der Waals surface area contributed by atoms with Crippen molar-refractivity contribution < 1.29 is 36.3 Å². The van der Waals surface area contributed by atoms with Crippen molar-refractivity contribution in [3.05, 3.63) is 23.8 Å². The summed E-state index contributed by atoms with van der Waals surface area (Å²) in [7, 11) is 0. The number of carbonyl (C=O) groups excluding carboxylic acids is 2. The molecule has 1 aliphatic rings. The van der Waals surface area contributed by atoms with Crippen molar-refractivity contribution >= 4 is 23.2 Å². The molecule has 156 valence electrons. The summed E-state index contributed by atoms with van der Waals surface area (Å²) >= 11 is 0. The summed E-state index contributed by atoms with van der Waals surface area (Å²) < 4.78 is 69.9. The summed E-state index contributed by atoms with van der Waals surface area (Å²) in [5, 5.41) is 4.24. The van der Waals surface area contributed by atoms with Gasteiger partial charge in [0, 0.05) is 18.8 Å². The minimum absolute atomic E-state index is 0.00447. The molecule has 0 saturated carbocycles. The van der Waals surface area contributed by atoms with Gasteiger partial charge in [-0.3, -0.25) is 14.9 Å². The van der Waals surface area contributed by atoms with Crippen molar-refractivity contribution in [3.63, 3.8) is 0 Å².